The van der Waals surface area contributed by atoms with Crippen molar-refractivity contribution in [2.45, 2.75) is 52.4 Å². The van der Waals surface area contributed by atoms with E-state index in [0.717, 1.165) is 23.7 Å². The van der Waals surface area contributed by atoms with E-state index in [2.05, 4.69) is 38.2 Å². The molecule has 0 nitrogen and oxygen atoms in total. The summed E-state index contributed by atoms with van der Waals surface area (Å²) >= 11 is 0. The minimum absolute atomic E-state index is 0.907. The maximum Gasteiger partial charge on any atom is -0.0202 e. The van der Waals surface area contributed by atoms with Gasteiger partial charge in [0.05, 0.1) is 0 Å². The Balaban J connectivity index is 1.95. The standard InChI is InChI=1S/C16H26/c1-3-5-7-13-11-16-10-9-15(13)12-14(16)8-6-4-2/h5-8,13-16H,3-4,9-12H2,1-2H3. The van der Waals surface area contributed by atoms with Crippen molar-refractivity contribution in [1.82, 2.24) is 0 Å². The Bertz CT molecular complexity index is 233. The third-order valence-corrected chi connectivity index (χ3v) is 4.51. The zero-order valence-corrected chi connectivity index (χ0v) is 10.9. The van der Waals surface area contributed by atoms with Gasteiger partial charge in [-0.3, -0.25) is 0 Å². The van der Waals surface area contributed by atoms with Gasteiger partial charge in [-0.1, -0.05) is 38.2 Å². The number of allylic oxidation sites excluding steroid dienone is 4. The highest BCUT2D eigenvalue weighted by atomic mass is 14.4. The quantitative estimate of drug-likeness (QED) is 0.584. The summed E-state index contributed by atoms with van der Waals surface area (Å²) in [6.45, 7) is 4.48. The summed E-state index contributed by atoms with van der Waals surface area (Å²) in [5, 5.41) is 0. The average molecular weight is 218 g/mol. The van der Waals surface area contributed by atoms with E-state index in [1.165, 1.54) is 38.5 Å². The fraction of sp³-hybridized carbons (Fsp3) is 0.750. The maximum absolute atomic E-state index is 2.51. The molecule has 0 aromatic rings. The Hall–Kier alpha value is -0.520. The van der Waals surface area contributed by atoms with Crippen LogP contribution < -0.4 is 0 Å². The van der Waals surface area contributed by atoms with Gasteiger partial charge < -0.3 is 0 Å². The van der Waals surface area contributed by atoms with E-state index in [9.17, 15) is 0 Å². The number of hydrogen-bond donors (Lipinski definition) is 0. The van der Waals surface area contributed by atoms with Crippen molar-refractivity contribution in [3.8, 4) is 0 Å². The molecule has 4 atom stereocenters. The van der Waals surface area contributed by atoms with Crippen LogP contribution in [0, 0.1) is 23.7 Å². The smallest absolute Gasteiger partial charge is 0.0202 e. The second-order valence-corrected chi connectivity index (χ2v) is 5.57. The Kier molecular flexibility index (Phi) is 4.26. The van der Waals surface area contributed by atoms with Crippen LogP contribution in [-0.4, -0.2) is 0 Å². The summed E-state index contributed by atoms with van der Waals surface area (Å²) in [7, 11) is 0. The van der Waals surface area contributed by atoms with Gasteiger partial charge in [0.15, 0.2) is 0 Å². The van der Waals surface area contributed by atoms with Crippen LogP contribution >= 0.6 is 0 Å². The fourth-order valence-corrected chi connectivity index (χ4v) is 3.62. The van der Waals surface area contributed by atoms with E-state index < -0.39 is 0 Å². The lowest BCUT2D eigenvalue weighted by Gasteiger charge is -2.45. The van der Waals surface area contributed by atoms with E-state index in [1.807, 2.05) is 0 Å². The van der Waals surface area contributed by atoms with Crippen molar-refractivity contribution in [2.24, 2.45) is 23.7 Å². The van der Waals surface area contributed by atoms with Crippen LogP contribution in [0.1, 0.15) is 52.4 Å². The van der Waals surface area contributed by atoms with Crippen LogP contribution in [0.15, 0.2) is 24.3 Å². The second-order valence-electron chi connectivity index (χ2n) is 5.57. The van der Waals surface area contributed by atoms with E-state index in [4.69, 9.17) is 0 Å². The Morgan fingerprint density at radius 1 is 0.812 bits per heavy atom. The highest BCUT2D eigenvalue weighted by molar-refractivity contribution is 5.04. The zero-order valence-electron chi connectivity index (χ0n) is 10.9. The van der Waals surface area contributed by atoms with Gasteiger partial charge in [-0.05, 0) is 62.2 Å². The van der Waals surface area contributed by atoms with Gasteiger partial charge >= 0.3 is 0 Å². The summed E-state index contributed by atoms with van der Waals surface area (Å²) in [5.41, 5.74) is 0. The molecule has 0 aromatic heterocycles. The molecule has 3 saturated carbocycles. The third kappa shape index (κ3) is 2.59. The molecule has 3 aliphatic rings. The molecule has 3 rings (SSSR count). The molecule has 4 unspecified atom stereocenters. The molecule has 0 heteroatoms. The van der Waals surface area contributed by atoms with Crippen molar-refractivity contribution < 1.29 is 0 Å². The van der Waals surface area contributed by atoms with Gasteiger partial charge in [0.2, 0.25) is 0 Å². The van der Waals surface area contributed by atoms with Crippen molar-refractivity contribution in [2.75, 3.05) is 0 Å². The normalized spacial score (nSPS) is 38.9. The fourth-order valence-electron chi connectivity index (χ4n) is 3.62. The molecular formula is C16H26. The molecule has 0 radical (unpaired) electrons. The number of rotatable bonds is 4. The second kappa shape index (κ2) is 5.70. The van der Waals surface area contributed by atoms with Crippen LogP contribution in [0.25, 0.3) is 0 Å². The monoisotopic (exact) mass is 218 g/mol. The van der Waals surface area contributed by atoms with Crippen LogP contribution in [-0.2, 0) is 0 Å². The van der Waals surface area contributed by atoms with Crippen LogP contribution in [0.5, 0.6) is 0 Å². The average Bonchev–Trinajstić information content (AvgIpc) is 2.34. The Labute approximate surface area is 101 Å². The summed E-state index contributed by atoms with van der Waals surface area (Å²) in [6, 6.07) is 0. The summed E-state index contributed by atoms with van der Waals surface area (Å²) in [6.07, 6.45) is 18.1. The van der Waals surface area contributed by atoms with Gasteiger partial charge in [-0.2, -0.15) is 0 Å². The molecule has 16 heavy (non-hydrogen) atoms. The summed E-state index contributed by atoms with van der Waals surface area (Å²) in [4.78, 5) is 0. The van der Waals surface area contributed by atoms with Crippen LogP contribution in [0.4, 0.5) is 0 Å². The van der Waals surface area contributed by atoms with Crippen LogP contribution in [0.2, 0.25) is 0 Å². The first kappa shape index (κ1) is 12.0. The molecule has 0 saturated heterocycles. The first-order valence-corrected chi connectivity index (χ1v) is 7.18. The van der Waals surface area contributed by atoms with E-state index in [-0.39, 0.29) is 0 Å². The SMILES string of the molecule is CCC=CC1CC2CCC1CC2C=CCC. The molecule has 90 valence electrons. The van der Waals surface area contributed by atoms with Gasteiger partial charge in [0, 0.05) is 0 Å². The highest BCUT2D eigenvalue weighted by Crippen LogP contribution is 2.49. The van der Waals surface area contributed by atoms with Crippen molar-refractivity contribution in [1.29, 1.82) is 0 Å². The molecule has 0 N–H and O–H groups in total. The minimum Gasteiger partial charge on any atom is -0.0885 e. The number of hydrogen-bond acceptors (Lipinski definition) is 0. The predicted octanol–water partition coefficient (Wildman–Crippen LogP) is 4.97. The summed E-state index contributed by atoms with van der Waals surface area (Å²) < 4.78 is 0. The van der Waals surface area contributed by atoms with Gasteiger partial charge in [0.25, 0.3) is 0 Å². The molecule has 0 aromatic carbocycles. The Morgan fingerprint density at radius 2 is 1.25 bits per heavy atom. The zero-order chi connectivity index (χ0) is 11.4. The highest BCUT2D eigenvalue weighted by Gasteiger charge is 2.39. The van der Waals surface area contributed by atoms with Crippen LogP contribution in [0.3, 0.4) is 0 Å². The lowest BCUT2D eigenvalue weighted by atomic mass is 9.60. The molecule has 0 aliphatic heterocycles. The molecule has 3 fully saturated rings. The maximum atomic E-state index is 2.51. The first-order valence-electron chi connectivity index (χ1n) is 7.18. The Morgan fingerprint density at radius 3 is 1.56 bits per heavy atom. The van der Waals surface area contributed by atoms with Crippen molar-refractivity contribution in [3.05, 3.63) is 24.3 Å². The summed E-state index contributed by atoms with van der Waals surface area (Å²) in [5.74, 6) is 3.79. The largest absolute Gasteiger partial charge is 0.0885 e. The molecule has 2 bridgehead atoms. The minimum atomic E-state index is 0.907. The van der Waals surface area contributed by atoms with E-state index in [0.29, 0.717) is 0 Å². The van der Waals surface area contributed by atoms with E-state index in [1.54, 1.807) is 0 Å². The van der Waals surface area contributed by atoms with Gasteiger partial charge in [-0.15, -0.1) is 0 Å². The molecular weight excluding hydrogens is 192 g/mol. The lowest BCUT2D eigenvalue weighted by Crippen LogP contribution is -2.36. The van der Waals surface area contributed by atoms with Crippen molar-refractivity contribution >= 4 is 0 Å². The number of fused-ring (bicyclic) bond motifs is 3. The van der Waals surface area contributed by atoms with Gasteiger partial charge in [0.1, 0.15) is 0 Å². The third-order valence-electron chi connectivity index (χ3n) is 4.51. The lowest BCUT2D eigenvalue weighted by molar-refractivity contribution is 0.0869. The molecule has 0 heterocycles. The predicted molar refractivity (Wildman–Crippen MR) is 71.3 cm³/mol. The first-order chi connectivity index (χ1) is 7.85. The molecule has 0 amide bonds. The van der Waals surface area contributed by atoms with Crippen molar-refractivity contribution in [3.63, 3.8) is 0 Å². The molecule has 0 spiro atoms. The van der Waals surface area contributed by atoms with E-state index >= 15 is 0 Å². The molecule has 3 aliphatic carbocycles. The topological polar surface area (TPSA) is 0 Å². The van der Waals surface area contributed by atoms with Gasteiger partial charge in [-0.25, -0.2) is 0 Å².